The van der Waals surface area contributed by atoms with Crippen molar-refractivity contribution in [2.24, 2.45) is 0 Å². The average Bonchev–Trinajstić information content (AvgIpc) is 2.32. The predicted octanol–water partition coefficient (Wildman–Crippen LogP) is 3.69. The van der Waals surface area contributed by atoms with Crippen molar-refractivity contribution in [3.8, 4) is 0 Å². The van der Waals surface area contributed by atoms with Gasteiger partial charge < -0.3 is 5.32 Å². The minimum atomic E-state index is -0.365. The third-order valence-corrected chi connectivity index (χ3v) is 3.48. The number of benzene rings is 1. The first kappa shape index (κ1) is 16.4. The first-order valence-electron chi connectivity index (χ1n) is 6.82. The smallest absolute Gasteiger partial charge is 0.141 e. The summed E-state index contributed by atoms with van der Waals surface area (Å²) in [7, 11) is 0. The molecule has 1 N–H and O–H groups in total. The summed E-state index contributed by atoms with van der Waals surface area (Å²) in [5.41, 5.74) is 1.01. The van der Waals surface area contributed by atoms with Crippen LogP contribution in [-0.2, 0) is 6.54 Å². The van der Waals surface area contributed by atoms with Crippen LogP contribution in [0, 0.1) is 5.82 Å². The van der Waals surface area contributed by atoms with Crippen molar-refractivity contribution in [2.45, 2.75) is 46.3 Å². The molecular formula is C15H24ClFN2. The summed E-state index contributed by atoms with van der Waals surface area (Å²) in [4.78, 5) is 2.44. The zero-order valence-corrected chi connectivity index (χ0v) is 13.0. The molecule has 108 valence electrons. The largest absolute Gasteiger partial charge is 0.311 e. The van der Waals surface area contributed by atoms with Gasteiger partial charge in [0.25, 0.3) is 0 Å². The number of nitrogens with zero attached hydrogens (tertiary/aromatic N) is 1. The Kier molecular flexibility index (Phi) is 6.76. The summed E-state index contributed by atoms with van der Waals surface area (Å²) in [6, 6.07) is 5.93. The maximum Gasteiger partial charge on any atom is 0.141 e. The van der Waals surface area contributed by atoms with Gasteiger partial charge in [-0.15, -0.1) is 0 Å². The normalized spacial score (nSPS) is 11.8. The van der Waals surface area contributed by atoms with Gasteiger partial charge in [0.15, 0.2) is 0 Å². The van der Waals surface area contributed by atoms with E-state index in [4.69, 9.17) is 11.6 Å². The van der Waals surface area contributed by atoms with Crippen LogP contribution in [0.4, 0.5) is 4.39 Å². The van der Waals surface area contributed by atoms with Gasteiger partial charge in [-0.25, -0.2) is 4.39 Å². The molecule has 1 aromatic carbocycles. The molecule has 0 aliphatic carbocycles. The highest BCUT2D eigenvalue weighted by atomic mass is 35.5. The minimum Gasteiger partial charge on any atom is -0.311 e. The van der Waals surface area contributed by atoms with Crippen LogP contribution in [0.3, 0.4) is 0 Å². The molecule has 0 fully saturated rings. The van der Waals surface area contributed by atoms with E-state index in [0.717, 1.165) is 18.7 Å². The molecule has 1 aromatic rings. The Balaban J connectivity index is 2.36. The van der Waals surface area contributed by atoms with Gasteiger partial charge >= 0.3 is 0 Å². The van der Waals surface area contributed by atoms with Gasteiger partial charge in [0.05, 0.1) is 5.02 Å². The van der Waals surface area contributed by atoms with E-state index in [2.05, 4.69) is 37.9 Å². The molecule has 0 heterocycles. The van der Waals surface area contributed by atoms with E-state index in [1.54, 1.807) is 12.1 Å². The zero-order chi connectivity index (χ0) is 14.4. The monoisotopic (exact) mass is 286 g/mol. The molecule has 0 aliphatic rings. The highest BCUT2D eigenvalue weighted by Gasteiger charge is 2.12. The SMILES string of the molecule is CC(C)N(CCNCc1ccc(F)c(Cl)c1)C(C)C. The van der Waals surface area contributed by atoms with Crippen LogP contribution in [0.15, 0.2) is 18.2 Å². The van der Waals surface area contributed by atoms with Gasteiger partial charge in [-0.1, -0.05) is 17.7 Å². The minimum absolute atomic E-state index is 0.185. The molecule has 1 rings (SSSR count). The van der Waals surface area contributed by atoms with Crippen molar-refractivity contribution >= 4 is 11.6 Å². The zero-order valence-electron chi connectivity index (χ0n) is 12.2. The van der Waals surface area contributed by atoms with Crippen LogP contribution >= 0.6 is 11.6 Å². The molecule has 19 heavy (non-hydrogen) atoms. The van der Waals surface area contributed by atoms with E-state index in [1.165, 1.54) is 6.07 Å². The summed E-state index contributed by atoms with van der Waals surface area (Å²) in [5.74, 6) is -0.365. The van der Waals surface area contributed by atoms with Gasteiger partial charge in [-0.2, -0.15) is 0 Å². The maximum absolute atomic E-state index is 13.0. The molecule has 0 aliphatic heterocycles. The van der Waals surface area contributed by atoms with E-state index >= 15 is 0 Å². The van der Waals surface area contributed by atoms with Crippen molar-refractivity contribution in [3.05, 3.63) is 34.6 Å². The molecule has 0 saturated carbocycles. The van der Waals surface area contributed by atoms with Gasteiger partial charge in [-0.3, -0.25) is 4.90 Å². The van der Waals surface area contributed by atoms with E-state index < -0.39 is 0 Å². The van der Waals surface area contributed by atoms with Crippen molar-refractivity contribution in [1.82, 2.24) is 10.2 Å². The van der Waals surface area contributed by atoms with Crippen LogP contribution in [0.1, 0.15) is 33.3 Å². The molecule has 0 spiro atoms. The lowest BCUT2D eigenvalue weighted by molar-refractivity contribution is 0.176. The summed E-state index contributed by atoms with van der Waals surface area (Å²) in [6.07, 6.45) is 0. The summed E-state index contributed by atoms with van der Waals surface area (Å²) < 4.78 is 13.0. The highest BCUT2D eigenvalue weighted by Crippen LogP contribution is 2.15. The van der Waals surface area contributed by atoms with E-state index in [0.29, 0.717) is 18.6 Å². The lowest BCUT2D eigenvalue weighted by Crippen LogP contribution is -2.41. The first-order chi connectivity index (χ1) is 8.91. The van der Waals surface area contributed by atoms with E-state index in [-0.39, 0.29) is 10.8 Å². The Hall–Kier alpha value is -0.640. The Morgan fingerprint density at radius 1 is 1.21 bits per heavy atom. The van der Waals surface area contributed by atoms with Crippen LogP contribution in [0.25, 0.3) is 0 Å². The summed E-state index contributed by atoms with van der Waals surface area (Å²) in [6.45, 7) is 11.5. The second-order valence-corrected chi connectivity index (χ2v) is 5.76. The van der Waals surface area contributed by atoms with Crippen LogP contribution in [0.2, 0.25) is 5.02 Å². The van der Waals surface area contributed by atoms with Gasteiger partial charge in [-0.05, 0) is 45.4 Å². The first-order valence-corrected chi connectivity index (χ1v) is 7.20. The second-order valence-electron chi connectivity index (χ2n) is 5.35. The fraction of sp³-hybridized carbons (Fsp3) is 0.600. The molecule has 0 bridgehead atoms. The number of halogens is 2. The number of nitrogens with one attached hydrogen (secondary N) is 1. The molecule has 0 radical (unpaired) electrons. The molecule has 0 amide bonds. The van der Waals surface area contributed by atoms with Gasteiger partial charge in [0.1, 0.15) is 5.82 Å². The molecule has 2 nitrogen and oxygen atoms in total. The Bertz CT molecular complexity index is 386. The van der Waals surface area contributed by atoms with Crippen molar-refractivity contribution < 1.29 is 4.39 Å². The average molecular weight is 287 g/mol. The van der Waals surface area contributed by atoms with Crippen molar-refractivity contribution in [1.29, 1.82) is 0 Å². The Morgan fingerprint density at radius 2 is 1.84 bits per heavy atom. The molecule has 4 heteroatoms. The number of hydrogen-bond donors (Lipinski definition) is 1. The quantitative estimate of drug-likeness (QED) is 0.769. The second kappa shape index (κ2) is 7.83. The van der Waals surface area contributed by atoms with Crippen LogP contribution < -0.4 is 5.32 Å². The summed E-state index contributed by atoms with van der Waals surface area (Å²) in [5, 5.41) is 3.55. The van der Waals surface area contributed by atoms with Gasteiger partial charge in [0, 0.05) is 31.7 Å². The van der Waals surface area contributed by atoms with E-state index in [1.807, 2.05) is 0 Å². The van der Waals surface area contributed by atoms with Crippen LogP contribution in [0.5, 0.6) is 0 Å². The fourth-order valence-corrected chi connectivity index (χ4v) is 2.41. The topological polar surface area (TPSA) is 15.3 Å². The van der Waals surface area contributed by atoms with Crippen molar-refractivity contribution in [3.63, 3.8) is 0 Å². The lowest BCUT2D eigenvalue weighted by atomic mass is 10.2. The van der Waals surface area contributed by atoms with Crippen molar-refractivity contribution in [2.75, 3.05) is 13.1 Å². The van der Waals surface area contributed by atoms with E-state index in [9.17, 15) is 4.39 Å². The predicted molar refractivity (Wildman–Crippen MR) is 80.1 cm³/mol. The summed E-state index contributed by atoms with van der Waals surface area (Å²) >= 11 is 5.75. The Labute approximate surface area is 120 Å². The molecule has 0 atom stereocenters. The number of rotatable bonds is 7. The number of hydrogen-bond acceptors (Lipinski definition) is 2. The molecule has 0 unspecified atom stereocenters. The third kappa shape index (κ3) is 5.47. The highest BCUT2D eigenvalue weighted by molar-refractivity contribution is 6.30. The van der Waals surface area contributed by atoms with Crippen LogP contribution in [-0.4, -0.2) is 30.1 Å². The standard InChI is InChI=1S/C15H24ClFN2/c1-11(2)19(12(3)4)8-7-18-10-13-5-6-15(17)14(16)9-13/h5-6,9,11-12,18H,7-8,10H2,1-4H3. The van der Waals surface area contributed by atoms with Gasteiger partial charge in [0.2, 0.25) is 0 Å². The maximum atomic E-state index is 13.0. The fourth-order valence-electron chi connectivity index (χ4n) is 2.20. The molecule has 0 aromatic heterocycles. The lowest BCUT2D eigenvalue weighted by Gasteiger charge is -2.30. The third-order valence-electron chi connectivity index (χ3n) is 3.19. The molecule has 0 saturated heterocycles. The molecular weight excluding hydrogens is 263 g/mol. The Morgan fingerprint density at radius 3 is 2.37 bits per heavy atom.